The molecule has 0 fully saturated rings. The Hall–Kier alpha value is -2.54. The van der Waals surface area contributed by atoms with Crippen LogP contribution in [0.5, 0.6) is 5.75 Å². The lowest BCUT2D eigenvalue weighted by Crippen LogP contribution is -2.41. The van der Waals surface area contributed by atoms with E-state index in [4.69, 9.17) is 4.74 Å². The van der Waals surface area contributed by atoms with Crippen molar-refractivity contribution in [2.24, 2.45) is 0 Å². The molecule has 7 heteroatoms. The number of hydrogen-bond acceptors (Lipinski definition) is 4. The van der Waals surface area contributed by atoms with E-state index in [9.17, 15) is 13.2 Å². The van der Waals surface area contributed by atoms with Gasteiger partial charge in [0.05, 0.1) is 19.1 Å². The summed E-state index contributed by atoms with van der Waals surface area (Å²) in [6.45, 7) is 5.90. The molecule has 158 valence electrons. The number of benzene rings is 2. The van der Waals surface area contributed by atoms with Gasteiger partial charge in [0.25, 0.3) is 0 Å². The summed E-state index contributed by atoms with van der Waals surface area (Å²) in [5.41, 5.74) is 4.36. The van der Waals surface area contributed by atoms with E-state index in [1.165, 1.54) is 4.31 Å². The first-order chi connectivity index (χ1) is 13.6. The van der Waals surface area contributed by atoms with Crippen molar-refractivity contribution in [1.82, 2.24) is 5.32 Å². The predicted molar refractivity (Wildman–Crippen MR) is 117 cm³/mol. The molecule has 2 aromatic rings. The molecule has 0 bridgehead atoms. The number of anilines is 1. The van der Waals surface area contributed by atoms with Crippen LogP contribution in [0.15, 0.2) is 36.4 Å². The fourth-order valence-corrected chi connectivity index (χ4v) is 4.50. The summed E-state index contributed by atoms with van der Waals surface area (Å²) in [6, 6.07) is 11.6. The van der Waals surface area contributed by atoms with Crippen LogP contribution < -0.4 is 14.4 Å². The molecule has 2 aromatic carbocycles. The maximum atomic E-state index is 12.5. The number of ether oxygens (including phenoxy) is 1. The molecule has 0 aliphatic rings. The highest BCUT2D eigenvalue weighted by Gasteiger charge is 2.24. The fourth-order valence-electron chi connectivity index (χ4n) is 3.53. The van der Waals surface area contributed by atoms with Gasteiger partial charge in [-0.3, -0.25) is 9.10 Å². The number of aryl methyl sites for hydroxylation is 4. The van der Waals surface area contributed by atoms with Crippen molar-refractivity contribution in [1.29, 1.82) is 0 Å². The van der Waals surface area contributed by atoms with Gasteiger partial charge in [-0.1, -0.05) is 35.9 Å². The zero-order chi connectivity index (χ0) is 21.6. The third kappa shape index (κ3) is 6.22. The van der Waals surface area contributed by atoms with Crippen molar-refractivity contribution in [3.8, 4) is 5.75 Å². The lowest BCUT2D eigenvalue weighted by Gasteiger charge is -2.26. The number of amides is 1. The lowest BCUT2D eigenvalue weighted by atomic mass is 10.1. The van der Waals surface area contributed by atoms with Gasteiger partial charge in [0.15, 0.2) is 0 Å². The Balaban J connectivity index is 2.01. The van der Waals surface area contributed by atoms with Crippen molar-refractivity contribution in [3.05, 3.63) is 58.7 Å². The predicted octanol–water partition coefficient (Wildman–Crippen LogP) is 3.14. The molecule has 0 aliphatic heterocycles. The van der Waals surface area contributed by atoms with E-state index in [1.807, 2.05) is 57.2 Å². The van der Waals surface area contributed by atoms with Crippen LogP contribution in [0.25, 0.3) is 0 Å². The number of rotatable bonds is 9. The van der Waals surface area contributed by atoms with Crippen molar-refractivity contribution < 1.29 is 17.9 Å². The van der Waals surface area contributed by atoms with E-state index in [-0.39, 0.29) is 12.5 Å². The van der Waals surface area contributed by atoms with Crippen molar-refractivity contribution in [2.45, 2.75) is 33.6 Å². The number of sulfonamides is 1. The summed E-state index contributed by atoms with van der Waals surface area (Å²) in [7, 11) is -1.96. The monoisotopic (exact) mass is 418 g/mol. The summed E-state index contributed by atoms with van der Waals surface area (Å²) in [5.74, 6) is 0.502. The largest absolute Gasteiger partial charge is 0.496 e. The molecular formula is C22H30N2O4S. The van der Waals surface area contributed by atoms with E-state index in [0.717, 1.165) is 47.1 Å². The molecule has 0 unspecified atom stereocenters. The number of nitrogens with one attached hydrogen (secondary N) is 1. The quantitative estimate of drug-likeness (QED) is 0.635. The van der Waals surface area contributed by atoms with Crippen LogP contribution in [0, 0.1) is 20.8 Å². The molecule has 0 heterocycles. The average molecular weight is 419 g/mol. The second-order valence-electron chi connectivity index (χ2n) is 7.28. The summed E-state index contributed by atoms with van der Waals surface area (Å²) in [6.07, 6.45) is 2.62. The Morgan fingerprint density at radius 3 is 2.31 bits per heavy atom. The highest BCUT2D eigenvalue weighted by Crippen LogP contribution is 2.28. The van der Waals surface area contributed by atoms with Crippen molar-refractivity contribution >= 4 is 21.6 Å². The molecular weight excluding hydrogens is 388 g/mol. The first kappa shape index (κ1) is 22.7. The zero-order valence-corrected chi connectivity index (χ0v) is 18.6. The Morgan fingerprint density at radius 1 is 1.10 bits per heavy atom. The van der Waals surface area contributed by atoms with Crippen LogP contribution in [-0.2, 0) is 21.2 Å². The van der Waals surface area contributed by atoms with Crippen LogP contribution in [0.2, 0.25) is 0 Å². The second-order valence-corrected chi connectivity index (χ2v) is 9.19. The van der Waals surface area contributed by atoms with Gasteiger partial charge >= 0.3 is 0 Å². The van der Waals surface area contributed by atoms with Crippen LogP contribution in [0.4, 0.5) is 5.69 Å². The maximum absolute atomic E-state index is 12.5. The van der Waals surface area contributed by atoms with Crippen molar-refractivity contribution in [2.75, 3.05) is 30.8 Å². The highest BCUT2D eigenvalue weighted by atomic mass is 32.2. The number of carbonyl (C=O) groups excluding carboxylic acids is 1. The minimum absolute atomic E-state index is 0.238. The molecule has 0 atom stereocenters. The normalized spacial score (nSPS) is 11.2. The summed E-state index contributed by atoms with van der Waals surface area (Å²) in [4.78, 5) is 12.5. The Bertz CT molecular complexity index is 948. The summed E-state index contributed by atoms with van der Waals surface area (Å²) >= 11 is 0. The SMILES string of the molecule is COc1ccccc1CCCNC(=O)CN(c1c(C)cc(C)cc1C)S(C)(=O)=O. The maximum Gasteiger partial charge on any atom is 0.240 e. The minimum atomic E-state index is -3.60. The zero-order valence-electron chi connectivity index (χ0n) is 17.8. The minimum Gasteiger partial charge on any atom is -0.496 e. The number of para-hydroxylation sites is 1. The first-order valence-electron chi connectivity index (χ1n) is 9.57. The van der Waals surface area contributed by atoms with E-state index in [0.29, 0.717) is 12.2 Å². The van der Waals surface area contributed by atoms with Gasteiger partial charge in [-0.15, -0.1) is 0 Å². The molecule has 0 aromatic heterocycles. The fraction of sp³-hybridized carbons (Fsp3) is 0.409. The smallest absolute Gasteiger partial charge is 0.240 e. The molecule has 0 saturated heterocycles. The molecule has 0 aliphatic carbocycles. The molecule has 29 heavy (non-hydrogen) atoms. The van der Waals surface area contributed by atoms with E-state index in [2.05, 4.69) is 5.32 Å². The molecule has 6 nitrogen and oxygen atoms in total. The van der Waals surface area contributed by atoms with Crippen LogP contribution in [0.3, 0.4) is 0 Å². The van der Waals surface area contributed by atoms with Crippen LogP contribution >= 0.6 is 0 Å². The molecule has 1 amide bonds. The number of carbonyl (C=O) groups is 1. The molecule has 2 rings (SSSR count). The van der Waals surface area contributed by atoms with Gasteiger partial charge in [0.2, 0.25) is 15.9 Å². The van der Waals surface area contributed by atoms with Gasteiger partial charge in [-0.25, -0.2) is 8.42 Å². The third-order valence-corrected chi connectivity index (χ3v) is 5.82. The first-order valence-corrected chi connectivity index (χ1v) is 11.4. The van der Waals surface area contributed by atoms with E-state index >= 15 is 0 Å². The number of nitrogens with zero attached hydrogens (tertiary/aromatic N) is 1. The van der Waals surface area contributed by atoms with Gasteiger partial charge < -0.3 is 10.1 Å². The van der Waals surface area contributed by atoms with Gasteiger partial charge in [-0.05, 0) is 56.4 Å². The highest BCUT2D eigenvalue weighted by molar-refractivity contribution is 7.92. The number of methoxy groups -OCH3 is 1. The Kier molecular flexibility index (Phi) is 7.67. The summed E-state index contributed by atoms with van der Waals surface area (Å²) in [5, 5.41) is 2.83. The lowest BCUT2D eigenvalue weighted by molar-refractivity contribution is -0.119. The van der Waals surface area contributed by atoms with Gasteiger partial charge in [0.1, 0.15) is 12.3 Å². The molecule has 0 spiro atoms. The molecule has 0 radical (unpaired) electrons. The van der Waals surface area contributed by atoms with E-state index in [1.54, 1.807) is 7.11 Å². The van der Waals surface area contributed by atoms with Crippen molar-refractivity contribution in [3.63, 3.8) is 0 Å². The third-order valence-electron chi connectivity index (χ3n) is 4.71. The summed E-state index contributed by atoms with van der Waals surface area (Å²) < 4.78 is 31.3. The topological polar surface area (TPSA) is 75.7 Å². The van der Waals surface area contributed by atoms with Gasteiger partial charge in [0, 0.05) is 6.54 Å². The standard InChI is InChI=1S/C22H30N2O4S/c1-16-13-17(2)22(18(3)14-16)24(29(5,26)27)15-21(25)23-12-8-10-19-9-6-7-11-20(19)28-4/h6-7,9,11,13-14H,8,10,12,15H2,1-5H3,(H,23,25). The Morgan fingerprint density at radius 2 is 1.72 bits per heavy atom. The molecule has 1 N–H and O–H groups in total. The number of hydrogen-bond donors (Lipinski definition) is 1. The van der Waals surface area contributed by atoms with Crippen LogP contribution in [-0.4, -0.2) is 40.8 Å². The Labute approximate surface area is 173 Å². The van der Waals surface area contributed by atoms with Gasteiger partial charge in [-0.2, -0.15) is 0 Å². The second kappa shape index (κ2) is 9.78. The van der Waals surface area contributed by atoms with E-state index < -0.39 is 10.0 Å². The average Bonchev–Trinajstić information content (AvgIpc) is 2.63. The molecule has 0 saturated carbocycles. The van der Waals surface area contributed by atoms with Crippen LogP contribution in [0.1, 0.15) is 28.7 Å².